The highest BCUT2D eigenvalue weighted by atomic mass is 19.4. The van der Waals surface area contributed by atoms with E-state index in [9.17, 15) is 17.6 Å². The van der Waals surface area contributed by atoms with Crippen LogP contribution in [0.4, 0.5) is 17.6 Å². The predicted molar refractivity (Wildman–Crippen MR) is 69.3 cm³/mol. The van der Waals surface area contributed by atoms with Crippen molar-refractivity contribution in [3.05, 3.63) is 29.6 Å². The highest BCUT2D eigenvalue weighted by molar-refractivity contribution is 5.32. The van der Waals surface area contributed by atoms with Crippen molar-refractivity contribution in [3.63, 3.8) is 0 Å². The summed E-state index contributed by atoms with van der Waals surface area (Å²) in [5, 5.41) is 3.09. The molecule has 0 aliphatic carbocycles. The molecular weight excluding hydrogens is 274 g/mol. The topological polar surface area (TPSA) is 21.3 Å². The van der Waals surface area contributed by atoms with Crippen LogP contribution in [-0.4, -0.2) is 18.7 Å². The van der Waals surface area contributed by atoms with Crippen LogP contribution in [0.2, 0.25) is 0 Å². The van der Waals surface area contributed by atoms with E-state index < -0.39 is 23.2 Å². The summed E-state index contributed by atoms with van der Waals surface area (Å²) in [6.45, 7) is 6.84. The van der Waals surface area contributed by atoms with Gasteiger partial charge < -0.3 is 10.1 Å². The van der Waals surface area contributed by atoms with Crippen LogP contribution in [0.1, 0.15) is 32.8 Å². The van der Waals surface area contributed by atoms with Gasteiger partial charge in [0.05, 0.1) is 5.56 Å². The summed E-state index contributed by atoms with van der Waals surface area (Å²) in [4.78, 5) is 0. The maximum absolute atomic E-state index is 13.2. The molecule has 114 valence electrons. The molecule has 6 heteroatoms. The number of hydrogen-bond donors (Lipinski definition) is 1. The Morgan fingerprint density at radius 3 is 2.35 bits per heavy atom. The lowest BCUT2D eigenvalue weighted by molar-refractivity contribution is -0.140. The summed E-state index contributed by atoms with van der Waals surface area (Å²) in [6, 6.07) is 2.70. The van der Waals surface area contributed by atoms with Crippen LogP contribution in [0.3, 0.4) is 0 Å². The van der Waals surface area contributed by atoms with Crippen molar-refractivity contribution < 1.29 is 22.3 Å². The highest BCUT2D eigenvalue weighted by Crippen LogP contribution is 2.34. The molecule has 0 aromatic heterocycles. The van der Waals surface area contributed by atoms with Crippen LogP contribution in [0.25, 0.3) is 0 Å². The van der Waals surface area contributed by atoms with E-state index in [-0.39, 0.29) is 5.75 Å². The van der Waals surface area contributed by atoms with Gasteiger partial charge in [-0.05, 0) is 38.1 Å². The Morgan fingerprint density at radius 2 is 1.85 bits per heavy atom. The molecule has 0 saturated carbocycles. The molecule has 0 radical (unpaired) electrons. The first kappa shape index (κ1) is 16.8. The molecule has 0 bridgehead atoms. The molecule has 1 rings (SSSR count). The fourth-order valence-corrected chi connectivity index (χ4v) is 1.69. The van der Waals surface area contributed by atoms with Gasteiger partial charge in [0.25, 0.3) is 0 Å². The van der Waals surface area contributed by atoms with Crippen LogP contribution < -0.4 is 10.1 Å². The molecule has 0 heterocycles. The summed E-state index contributed by atoms with van der Waals surface area (Å²) in [6.07, 6.45) is -4.12. The van der Waals surface area contributed by atoms with E-state index in [0.29, 0.717) is 19.0 Å². The van der Waals surface area contributed by atoms with Crippen molar-refractivity contribution in [3.8, 4) is 5.75 Å². The fraction of sp³-hybridized carbons (Fsp3) is 0.571. The van der Waals surface area contributed by atoms with E-state index in [0.717, 1.165) is 12.6 Å². The third kappa shape index (κ3) is 4.37. The van der Waals surface area contributed by atoms with E-state index >= 15 is 0 Å². The van der Waals surface area contributed by atoms with E-state index in [1.807, 2.05) is 13.8 Å². The normalized spacial score (nSPS) is 14.9. The molecule has 1 N–H and O–H groups in total. The Bertz CT molecular complexity index is 447. The van der Waals surface area contributed by atoms with Crippen LogP contribution in [0.5, 0.6) is 5.75 Å². The average Bonchev–Trinajstić information content (AvgIpc) is 2.37. The third-order valence-corrected chi connectivity index (χ3v) is 3.10. The molecule has 1 atom stereocenters. The van der Waals surface area contributed by atoms with E-state index in [4.69, 9.17) is 4.74 Å². The van der Waals surface area contributed by atoms with Crippen molar-refractivity contribution in [1.29, 1.82) is 0 Å². The van der Waals surface area contributed by atoms with Crippen molar-refractivity contribution in [2.75, 3.05) is 13.1 Å². The minimum atomic E-state index is -4.73. The Morgan fingerprint density at radius 1 is 1.20 bits per heavy atom. The first-order chi connectivity index (χ1) is 9.22. The van der Waals surface area contributed by atoms with Gasteiger partial charge in [-0.15, -0.1) is 0 Å². The van der Waals surface area contributed by atoms with Crippen LogP contribution in [0, 0.1) is 5.82 Å². The number of alkyl halides is 3. The smallest absolute Gasteiger partial charge is 0.419 e. The standard InChI is InChI=1S/C14H19F4NO/c1-4-13(3,9-19-5-2)20-10-6-7-12(15)11(8-10)14(16,17)18/h6-8,19H,4-5,9H2,1-3H3. The number of rotatable bonds is 6. The number of hydrogen-bond acceptors (Lipinski definition) is 2. The summed E-state index contributed by atoms with van der Waals surface area (Å²) < 4.78 is 56.7. The fourth-order valence-electron chi connectivity index (χ4n) is 1.69. The lowest BCUT2D eigenvalue weighted by Crippen LogP contribution is -2.42. The summed E-state index contributed by atoms with van der Waals surface area (Å²) in [7, 11) is 0. The number of benzene rings is 1. The minimum Gasteiger partial charge on any atom is -0.486 e. The molecular formula is C14H19F4NO. The van der Waals surface area contributed by atoms with Crippen molar-refractivity contribution in [2.24, 2.45) is 0 Å². The summed E-state index contributed by atoms with van der Waals surface area (Å²) in [5.41, 5.74) is -1.95. The quantitative estimate of drug-likeness (QED) is 0.800. The van der Waals surface area contributed by atoms with Gasteiger partial charge in [-0.25, -0.2) is 4.39 Å². The van der Waals surface area contributed by atoms with Crippen molar-refractivity contribution >= 4 is 0 Å². The van der Waals surface area contributed by atoms with Gasteiger partial charge in [-0.1, -0.05) is 13.8 Å². The Kier molecular flexibility index (Phi) is 5.39. The molecule has 0 aliphatic heterocycles. The van der Waals surface area contributed by atoms with Gasteiger partial charge >= 0.3 is 6.18 Å². The second-order valence-electron chi connectivity index (χ2n) is 4.83. The Labute approximate surface area is 116 Å². The molecule has 0 fully saturated rings. The lowest BCUT2D eigenvalue weighted by Gasteiger charge is -2.30. The second-order valence-corrected chi connectivity index (χ2v) is 4.83. The lowest BCUT2D eigenvalue weighted by atomic mass is 10.0. The van der Waals surface area contributed by atoms with Gasteiger partial charge in [-0.3, -0.25) is 0 Å². The van der Waals surface area contributed by atoms with Gasteiger partial charge in [-0.2, -0.15) is 13.2 Å². The van der Waals surface area contributed by atoms with Crippen molar-refractivity contribution in [1.82, 2.24) is 5.32 Å². The van der Waals surface area contributed by atoms with Crippen molar-refractivity contribution in [2.45, 2.75) is 39.0 Å². The predicted octanol–water partition coefficient (Wildman–Crippen LogP) is 4.00. The number of ether oxygens (including phenoxy) is 1. The SMILES string of the molecule is CCNCC(C)(CC)Oc1ccc(F)c(C(F)(F)F)c1. The maximum atomic E-state index is 13.2. The third-order valence-electron chi connectivity index (χ3n) is 3.10. The molecule has 20 heavy (non-hydrogen) atoms. The Hall–Kier alpha value is -1.30. The largest absolute Gasteiger partial charge is 0.486 e. The monoisotopic (exact) mass is 293 g/mol. The number of halogens is 4. The van der Waals surface area contributed by atoms with Crippen LogP contribution in [0.15, 0.2) is 18.2 Å². The molecule has 0 spiro atoms. The second kappa shape index (κ2) is 6.43. The van der Waals surface area contributed by atoms with Gasteiger partial charge in [0.15, 0.2) is 0 Å². The van der Waals surface area contributed by atoms with Gasteiger partial charge in [0.2, 0.25) is 0 Å². The maximum Gasteiger partial charge on any atom is 0.419 e. The molecule has 2 nitrogen and oxygen atoms in total. The zero-order chi connectivity index (χ0) is 15.4. The highest BCUT2D eigenvalue weighted by Gasteiger charge is 2.35. The first-order valence-corrected chi connectivity index (χ1v) is 6.48. The zero-order valence-electron chi connectivity index (χ0n) is 11.8. The summed E-state index contributed by atoms with van der Waals surface area (Å²) >= 11 is 0. The van der Waals surface area contributed by atoms with Gasteiger partial charge in [0, 0.05) is 6.54 Å². The molecule has 0 saturated heterocycles. The zero-order valence-corrected chi connectivity index (χ0v) is 11.8. The van der Waals surface area contributed by atoms with Crippen LogP contribution >= 0.6 is 0 Å². The van der Waals surface area contributed by atoms with E-state index in [1.165, 1.54) is 6.07 Å². The summed E-state index contributed by atoms with van der Waals surface area (Å²) in [5.74, 6) is -1.28. The molecule has 1 aromatic rings. The van der Waals surface area contributed by atoms with E-state index in [1.54, 1.807) is 6.92 Å². The minimum absolute atomic E-state index is 0.0148. The average molecular weight is 293 g/mol. The van der Waals surface area contributed by atoms with Gasteiger partial charge in [0.1, 0.15) is 17.2 Å². The molecule has 1 unspecified atom stereocenters. The first-order valence-electron chi connectivity index (χ1n) is 6.48. The molecule has 0 amide bonds. The van der Waals surface area contributed by atoms with Crippen LogP contribution in [-0.2, 0) is 6.18 Å². The Balaban J connectivity index is 2.97. The molecule has 1 aromatic carbocycles. The van der Waals surface area contributed by atoms with E-state index in [2.05, 4.69) is 5.32 Å². The number of nitrogens with one attached hydrogen (secondary N) is 1. The molecule has 0 aliphatic rings. The number of likely N-dealkylation sites (N-methyl/N-ethyl adjacent to an activating group) is 1.